The van der Waals surface area contributed by atoms with Gasteiger partial charge >= 0.3 is 6.18 Å². The third-order valence-electron chi connectivity index (χ3n) is 5.56. The SMILES string of the molecule is OC1CCC(C(F)(F)F)C(N2CCC3(CCC3)C2)C1. The van der Waals surface area contributed by atoms with Gasteiger partial charge in [0.1, 0.15) is 0 Å². The van der Waals surface area contributed by atoms with Gasteiger partial charge in [0, 0.05) is 12.6 Å². The molecule has 1 N–H and O–H groups in total. The highest BCUT2D eigenvalue weighted by Gasteiger charge is 2.52. The lowest BCUT2D eigenvalue weighted by Crippen LogP contribution is -2.50. The molecule has 0 amide bonds. The molecule has 19 heavy (non-hydrogen) atoms. The van der Waals surface area contributed by atoms with Gasteiger partial charge in [-0.25, -0.2) is 0 Å². The molecule has 2 saturated carbocycles. The Hall–Kier alpha value is -0.290. The number of hydrogen-bond donors (Lipinski definition) is 1. The second kappa shape index (κ2) is 4.62. The summed E-state index contributed by atoms with van der Waals surface area (Å²) in [5.74, 6) is -1.24. The first kappa shape index (κ1) is 13.7. The predicted molar refractivity (Wildman–Crippen MR) is 65.7 cm³/mol. The van der Waals surface area contributed by atoms with Gasteiger partial charge in [0.05, 0.1) is 12.0 Å². The number of halogens is 3. The summed E-state index contributed by atoms with van der Waals surface area (Å²) in [6, 6.07) is -0.497. The summed E-state index contributed by atoms with van der Waals surface area (Å²) in [6.45, 7) is 1.60. The zero-order valence-corrected chi connectivity index (χ0v) is 11.1. The van der Waals surface area contributed by atoms with Gasteiger partial charge in [-0.15, -0.1) is 0 Å². The van der Waals surface area contributed by atoms with Crippen LogP contribution in [0.4, 0.5) is 13.2 Å². The van der Waals surface area contributed by atoms with Crippen LogP contribution in [0.15, 0.2) is 0 Å². The highest BCUT2D eigenvalue weighted by molar-refractivity contribution is 5.00. The van der Waals surface area contributed by atoms with E-state index in [-0.39, 0.29) is 6.42 Å². The van der Waals surface area contributed by atoms with Gasteiger partial charge in [-0.3, -0.25) is 4.90 Å². The number of likely N-dealkylation sites (tertiary alicyclic amines) is 1. The number of aliphatic hydroxyl groups excluding tert-OH is 1. The van der Waals surface area contributed by atoms with Crippen molar-refractivity contribution in [3.63, 3.8) is 0 Å². The lowest BCUT2D eigenvalue weighted by atomic mass is 9.68. The fourth-order valence-electron chi connectivity index (χ4n) is 4.25. The van der Waals surface area contributed by atoms with Crippen LogP contribution in [0.3, 0.4) is 0 Å². The maximum Gasteiger partial charge on any atom is 0.393 e. The summed E-state index contributed by atoms with van der Waals surface area (Å²) in [5.41, 5.74) is 0.318. The van der Waals surface area contributed by atoms with Crippen molar-refractivity contribution in [2.45, 2.75) is 63.3 Å². The van der Waals surface area contributed by atoms with Gasteiger partial charge in [0.2, 0.25) is 0 Å². The Bertz CT molecular complexity index is 340. The fraction of sp³-hybridized carbons (Fsp3) is 1.00. The van der Waals surface area contributed by atoms with E-state index in [0.29, 0.717) is 18.3 Å². The maximum absolute atomic E-state index is 13.2. The van der Waals surface area contributed by atoms with Crippen LogP contribution in [0, 0.1) is 11.3 Å². The largest absolute Gasteiger partial charge is 0.393 e. The first-order chi connectivity index (χ1) is 8.90. The van der Waals surface area contributed by atoms with Gasteiger partial charge in [0.15, 0.2) is 0 Å². The Morgan fingerprint density at radius 2 is 1.84 bits per heavy atom. The molecule has 2 aliphatic carbocycles. The van der Waals surface area contributed by atoms with Crippen molar-refractivity contribution in [2.24, 2.45) is 11.3 Å². The van der Waals surface area contributed by atoms with E-state index in [1.54, 1.807) is 0 Å². The molecule has 5 heteroatoms. The summed E-state index contributed by atoms with van der Waals surface area (Å²) in [5, 5.41) is 9.73. The second-order valence-electron chi connectivity index (χ2n) is 6.76. The van der Waals surface area contributed by atoms with Crippen LogP contribution in [0.1, 0.15) is 44.9 Å². The maximum atomic E-state index is 13.2. The van der Waals surface area contributed by atoms with Crippen molar-refractivity contribution in [3.8, 4) is 0 Å². The lowest BCUT2D eigenvalue weighted by molar-refractivity contribution is -0.204. The third-order valence-corrected chi connectivity index (χ3v) is 5.56. The minimum absolute atomic E-state index is 0.0822. The smallest absolute Gasteiger partial charge is 0.393 e. The van der Waals surface area contributed by atoms with E-state index in [9.17, 15) is 18.3 Å². The quantitative estimate of drug-likeness (QED) is 0.796. The number of alkyl halides is 3. The summed E-state index contributed by atoms with van der Waals surface area (Å²) < 4.78 is 39.5. The molecule has 3 fully saturated rings. The average molecular weight is 277 g/mol. The first-order valence-electron chi connectivity index (χ1n) is 7.39. The van der Waals surface area contributed by atoms with E-state index < -0.39 is 24.2 Å². The Balaban J connectivity index is 1.72. The highest BCUT2D eigenvalue weighted by atomic mass is 19.4. The molecule has 110 valence electrons. The normalized spacial score (nSPS) is 39.5. The van der Waals surface area contributed by atoms with Gasteiger partial charge in [-0.05, 0) is 50.5 Å². The summed E-state index contributed by atoms with van der Waals surface area (Å²) in [6.07, 6.45) is 0.610. The number of nitrogens with zero attached hydrogens (tertiary/aromatic N) is 1. The van der Waals surface area contributed by atoms with Gasteiger partial charge in [-0.1, -0.05) is 6.42 Å². The van der Waals surface area contributed by atoms with Crippen molar-refractivity contribution >= 4 is 0 Å². The van der Waals surface area contributed by atoms with Crippen molar-refractivity contribution in [3.05, 3.63) is 0 Å². The van der Waals surface area contributed by atoms with Crippen molar-refractivity contribution < 1.29 is 18.3 Å². The van der Waals surface area contributed by atoms with Gasteiger partial charge < -0.3 is 5.11 Å². The molecule has 0 aromatic carbocycles. The first-order valence-corrected chi connectivity index (χ1v) is 7.39. The molecule has 0 radical (unpaired) electrons. The van der Waals surface area contributed by atoms with Crippen LogP contribution in [-0.2, 0) is 0 Å². The van der Waals surface area contributed by atoms with E-state index in [1.807, 2.05) is 4.90 Å². The summed E-state index contributed by atoms with van der Waals surface area (Å²) in [4.78, 5) is 2.03. The van der Waals surface area contributed by atoms with Crippen molar-refractivity contribution in [1.82, 2.24) is 4.90 Å². The van der Waals surface area contributed by atoms with Crippen LogP contribution in [0.2, 0.25) is 0 Å². The van der Waals surface area contributed by atoms with Crippen LogP contribution < -0.4 is 0 Å². The van der Waals surface area contributed by atoms with Crippen LogP contribution in [-0.4, -0.2) is 41.4 Å². The van der Waals surface area contributed by atoms with Gasteiger partial charge in [-0.2, -0.15) is 13.2 Å². The molecular formula is C14H22F3NO. The van der Waals surface area contributed by atoms with Crippen molar-refractivity contribution in [1.29, 1.82) is 0 Å². The van der Waals surface area contributed by atoms with Crippen LogP contribution in [0.5, 0.6) is 0 Å². The summed E-state index contributed by atoms with van der Waals surface area (Å²) >= 11 is 0. The zero-order chi connectivity index (χ0) is 13.7. The van der Waals surface area contributed by atoms with E-state index in [1.165, 1.54) is 19.3 Å². The molecule has 0 aromatic heterocycles. The molecule has 0 bridgehead atoms. The topological polar surface area (TPSA) is 23.5 Å². The number of aliphatic hydroxyl groups is 1. The minimum atomic E-state index is -4.12. The molecule has 3 atom stereocenters. The number of rotatable bonds is 1. The Labute approximate surface area is 112 Å². The zero-order valence-electron chi connectivity index (χ0n) is 11.1. The molecule has 2 nitrogen and oxygen atoms in total. The lowest BCUT2D eigenvalue weighted by Gasteiger charge is -2.43. The predicted octanol–water partition coefficient (Wildman–Crippen LogP) is 2.95. The molecule has 1 aliphatic heterocycles. The molecule has 0 aromatic rings. The van der Waals surface area contributed by atoms with E-state index in [0.717, 1.165) is 19.5 Å². The Morgan fingerprint density at radius 3 is 2.37 bits per heavy atom. The molecule has 3 unspecified atom stereocenters. The Kier molecular flexibility index (Phi) is 3.33. The van der Waals surface area contributed by atoms with Crippen LogP contribution in [0.25, 0.3) is 0 Å². The molecular weight excluding hydrogens is 255 g/mol. The average Bonchev–Trinajstić information content (AvgIpc) is 2.71. The van der Waals surface area contributed by atoms with Crippen molar-refractivity contribution in [2.75, 3.05) is 13.1 Å². The molecule has 1 spiro atoms. The monoisotopic (exact) mass is 277 g/mol. The highest BCUT2D eigenvalue weighted by Crippen LogP contribution is 2.50. The molecule has 3 aliphatic rings. The second-order valence-corrected chi connectivity index (χ2v) is 6.76. The van der Waals surface area contributed by atoms with E-state index in [4.69, 9.17) is 0 Å². The molecule has 3 rings (SSSR count). The van der Waals surface area contributed by atoms with E-state index >= 15 is 0 Å². The van der Waals surface area contributed by atoms with Crippen LogP contribution >= 0.6 is 0 Å². The Morgan fingerprint density at radius 1 is 1.11 bits per heavy atom. The van der Waals surface area contributed by atoms with Gasteiger partial charge in [0.25, 0.3) is 0 Å². The third kappa shape index (κ3) is 2.51. The molecule has 1 saturated heterocycles. The fourth-order valence-corrected chi connectivity index (χ4v) is 4.25. The summed E-state index contributed by atoms with van der Waals surface area (Å²) in [7, 11) is 0. The number of hydrogen-bond acceptors (Lipinski definition) is 2. The van der Waals surface area contributed by atoms with E-state index in [2.05, 4.69) is 0 Å². The molecule has 1 heterocycles. The standard InChI is InChI=1S/C14H22F3NO/c15-14(16,17)11-3-2-10(19)8-12(11)18-7-6-13(9-18)4-1-5-13/h10-12,19H,1-9H2. The minimum Gasteiger partial charge on any atom is -0.393 e.